The maximum Gasteiger partial charge on any atom is 0.123 e. The standard InChI is InChI=1S/C12H14N2OS/c1-8-3-4-10(9(2)12(8)15)14-7-11-13-5-6-16-11/h3-6,14-15H,7H2,1-2H3. The van der Waals surface area contributed by atoms with Crippen LogP contribution in [0.2, 0.25) is 0 Å². The van der Waals surface area contributed by atoms with Crippen LogP contribution in [-0.2, 0) is 6.54 Å². The number of rotatable bonds is 3. The highest BCUT2D eigenvalue weighted by Crippen LogP contribution is 2.28. The lowest BCUT2D eigenvalue weighted by Gasteiger charge is -2.11. The van der Waals surface area contributed by atoms with E-state index in [1.807, 2.05) is 31.4 Å². The van der Waals surface area contributed by atoms with Gasteiger partial charge in [0.15, 0.2) is 0 Å². The van der Waals surface area contributed by atoms with E-state index in [1.165, 1.54) is 0 Å². The molecular weight excluding hydrogens is 220 g/mol. The molecule has 3 nitrogen and oxygen atoms in total. The average molecular weight is 234 g/mol. The van der Waals surface area contributed by atoms with E-state index < -0.39 is 0 Å². The van der Waals surface area contributed by atoms with Gasteiger partial charge in [0.1, 0.15) is 10.8 Å². The highest BCUT2D eigenvalue weighted by Gasteiger charge is 2.05. The van der Waals surface area contributed by atoms with Gasteiger partial charge in [0.2, 0.25) is 0 Å². The van der Waals surface area contributed by atoms with Crippen LogP contribution in [0.4, 0.5) is 5.69 Å². The summed E-state index contributed by atoms with van der Waals surface area (Å²) in [5.41, 5.74) is 2.74. The van der Waals surface area contributed by atoms with E-state index in [0.29, 0.717) is 12.3 Å². The zero-order chi connectivity index (χ0) is 11.5. The number of aryl methyl sites for hydroxylation is 1. The van der Waals surface area contributed by atoms with E-state index in [1.54, 1.807) is 17.5 Å². The van der Waals surface area contributed by atoms with Gasteiger partial charge in [0.25, 0.3) is 0 Å². The molecule has 0 aliphatic heterocycles. The highest BCUT2D eigenvalue weighted by molar-refractivity contribution is 7.09. The molecule has 0 saturated heterocycles. The molecule has 2 N–H and O–H groups in total. The van der Waals surface area contributed by atoms with Crippen LogP contribution in [0.3, 0.4) is 0 Å². The molecule has 0 spiro atoms. The van der Waals surface area contributed by atoms with Crippen LogP contribution in [-0.4, -0.2) is 10.1 Å². The molecule has 84 valence electrons. The molecule has 0 bridgehead atoms. The maximum atomic E-state index is 9.79. The molecule has 4 heteroatoms. The van der Waals surface area contributed by atoms with Gasteiger partial charge >= 0.3 is 0 Å². The number of anilines is 1. The van der Waals surface area contributed by atoms with Gasteiger partial charge in [-0.3, -0.25) is 0 Å². The van der Waals surface area contributed by atoms with Crippen molar-refractivity contribution in [3.63, 3.8) is 0 Å². The van der Waals surface area contributed by atoms with E-state index in [0.717, 1.165) is 21.8 Å². The first-order chi connectivity index (χ1) is 7.68. The normalized spacial score (nSPS) is 10.4. The number of benzene rings is 1. The second kappa shape index (κ2) is 4.53. The summed E-state index contributed by atoms with van der Waals surface area (Å²) < 4.78 is 0. The van der Waals surface area contributed by atoms with E-state index >= 15 is 0 Å². The molecule has 0 atom stereocenters. The Morgan fingerprint density at radius 2 is 2.19 bits per heavy atom. The van der Waals surface area contributed by atoms with Crippen LogP contribution in [0, 0.1) is 13.8 Å². The highest BCUT2D eigenvalue weighted by atomic mass is 32.1. The topological polar surface area (TPSA) is 45.2 Å². The Hall–Kier alpha value is -1.55. The summed E-state index contributed by atoms with van der Waals surface area (Å²) in [5.74, 6) is 0.365. The van der Waals surface area contributed by atoms with Gasteiger partial charge in [-0.15, -0.1) is 11.3 Å². The third-order valence-corrected chi connectivity index (χ3v) is 3.33. The van der Waals surface area contributed by atoms with E-state index in [2.05, 4.69) is 10.3 Å². The summed E-state index contributed by atoms with van der Waals surface area (Å²) in [6.45, 7) is 4.50. The summed E-state index contributed by atoms with van der Waals surface area (Å²) in [6, 6.07) is 3.89. The zero-order valence-electron chi connectivity index (χ0n) is 9.32. The van der Waals surface area contributed by atoms with Crippen molar-refractivity contribution in [1.29, 1.82) is 0 Å². The number of aromatic nitrogens is 1. The van der Waals surface area contributed by atoms with Crippen molar-refractivity contribution >= 4 is 17.0 Å². The molecule has 1 heterocycles. The number of thiazole rings is 1. The fourth-order valence-corrected chi connectivity index (χ4v) is 2.09. The second-order valence-electron chi connectivity index (χ2n) is 3.68. The Labute approximate surface area is 98.8 Å². The van der Waals surface area contributed by atoms with Gasteiger partial charge in [-0.05, 0) is 25.5 Å². The number of phenolic OH excluding ortho intramolecular Hbond substituents is 1. The molecule has 0 amide bonds. The Kier molecular flexibility index (Phi) is 3.10. The lowest BCUT2D eigenvalue weighted by molar-refractivity contribution is 0.467. The summed E-state index contributed by atoms with van der Waals surface area (Å²) in [5, 5.41) is 16.1. The summed E-state index contributed by atoms with van der Waals surface area (Å²) >= 11 is 1.62. The van der Waals surface area contributed by atoms with Crippen LogP contribution >= 0.6 is 11.3 Å². The van der Waals surface area contributed by atoms with Crippen molar-refractivity contribution in [2.45, 2.75) is 20.4 Å². The average Bonchev–Trinajstić information content (AvgIpc) is 2.78. The Bertz CT molecular complexity index is 480. The van der Waals surface area contributed by atoms with Gasteiger partial charge in [-0.2, -0.15) is 0 Å². The molecule has 0 aliphatic carbocycles. The van der Waals surface area contributed by atoms with Crippen LogP contribution < -0.4 is 5.32 Å². The van der Waals surface area contributed by atoms with Crippen LogP contribution in [0.15, 0.2) is 23.7 Å². The molecular formula is C12H14N2OS. The lowest BCUT2D eigenvalue weighted by Crippen LogP contribution is -2.00. The molecule has 1 aromatic heterocycles. The van der Waals surface area contributed by atoms with Gasteiger partial charge in [0, 0.05) is 22.8 Å². The van der Waals surface area contributed by atoms with E-state index in [4.69, 9.17) is 0 Å². The molecule has 0 radical (unpaired) electrons. The molecule has 0 saturated carbocycles. The molecule has 2 aromatic rings. The largest absolute Gasteiger partial charge is 0.507 e. The number of nitrogens with one attached hydrogen (secondary N) is 1. The van der Waals surface area contributed by atoms with Crippen molar-refractivity contribution in [3.8, 4) is 5.75 Å². The molecule has 16 heavy (non-hydrogen) atoms. The summed E-state index contributed by atoms with van der Waals surface area (Å²) in [4.78, 5) is 4.19. The van der Waals surface area contributed by atoms with Gasteiger partial charge in [-0.25, -0.2) is 4.98 Å². The molecule has 2 rings (SSSR count). The minimum atomic E-state index is 0.365. The van der Waals surface area contributed by atoms with Crippen molar-refractivity contribution in [3.05, 3.63) is 39.8 Å². The van der Waals surface area contributed by atoms with Gasteiger partial charge < -0.3 is 10.4 Å². The van der Waals surface area contributed by atoms with Crippen LogP contribution in [0.5, 0.6) is 5.75 Å². The van der Waals surface area contributed by atoms with Crippen LogP contribution in [0.1, 0.15) is 16.1 Å². The lowest BCUT2D eigenvalue weighted by atomic mass is 10.1. The Balaban J connectivity index is 2.13. The zero-order valence-corrected chi connectivity index (χ0v) is 10.1. The van der Waals surface area contributed by atoms with Gasteiger partial charge in [0.05, 0.1) is 6.54 Å². The number of nitrogens with zero attached hydrogens (tertiary/aromatic N) is 1. The summed E-state index contributed by atoms with van der Waals surface area (Å²) in [6.07, 6.45) is 1.79. The molecule has 0 unspecified atom stereocenters. The minimum Gasteiger partial charge on any atom is -0.507 e. The molecule has 0 aliphatic rings. The molecule has 1 aromatic carbocycles. The summed E-state index contributed by atoms with van der Waals surface area (Å²) in [7, 11) is 0. The fraction of sp³-hybridized carbons (Fsp3) is 0.250. The predicted molar refractivity (Wildman–Crippen MR) is 67.0 cm³/mol. The van der Waals surface area contributed by atoms with Crippen molar-refractivity contribution in [1.82, 2.24) is 4.98 Å². The predicted octanol–water partition coefficient (Wildman–Crippen LogP) is 3.08. The van der Waals surface area contributed by atoms with E-state index in [9.17, 15) is 5.11 Å². The number of aromatic hydroxyl groups is 1. The third-order valence-electron chi connectivity index (χ3n) is 2.55. The van der Waals surface area contributed by atoms with Crippen LogP contribution in [0.25, 0.3) is 0 Å². The van der Waals surface area contributed by atoms with Crippen molar-refractivity contribution in [2.24, 2.45) is 0 Å². The maximum absolute atomic E-state index is 9.79. The quantitative estimate of drug-likeness (QED) is 0.857. The first kappa shape index (κ1) is 11.0. The first-order valence-electron chi connectivity index (χ1n) is 5.10. The fourth-order valence-electron chi connectivity index (χ4n) is 1.54. The first-order valence-corrected chi connectivity index (χ1v) is 5.98. The minimum absolute atomic E-state index is 0.365. The smallest absolute Gasteiger partial charge is 0.123 e. The van der Waals surface area contributed by atoms with Crippen molar-refractivity contribution < 1.29 is 5.11 Å². The third kappa shape index (κ3) is 2.17. The second-order valence-corrected chi connectivity index (χ2v) is 4.66. The SMILES string of the molecule is Cc1ccc(NCc2nccs2)c(C)c1O. The van der Waals surface area contributed by atoms with Gasteiger partial charge in [-0.1, -0.05) is 6.07 Å². The Morgan fingerprint density at radius 3 is 2.88 bits per heavy atom. The number of hydrogen-bond acceptors (Lipinski definition) is 4. The number of phenols is 1. The van der Waals surface area contributed by atoms with E-state index in [-0.39, 0.29) is 0 Å². The monoisotopic (exact) mass is 234 g/mol. The Morgan fingerprint density at radius 1 is 1.38 bits per heavy atom. The number of hydrogen-bond donors (Lipinski definition) is 2. The molecule has 0 fully saturated rings. The van der Waals surface area contributed by atoms with Crippen molar-refractivity contribution in [2.75, 3.05) is 5.32 Å².